The Bertz CT molecular complexity index is 417. The first kappa shape index (κ1) is 10.4. The van der Waals surface area contributed by atoms with E-state index in [1.807, 2.05) is 0 Å². The third-order valence-corrected chi connectivity index (χ3v) is 3.96. The fourth-order valence-corrected chi connectivity index (χ4v) is 2.59. The summed E-state index contributed by atoms with van der Waals surface area (Å²) in [6, 6.07) is 17.1. The van der Waals surface area contributed by atoms with E-state index in [0.717, 1.165) is 0 Å². The van der Waals surface area contributed by atoms with E-state index in [0.29, 0.717) is 0 Å². The molecule has 0 saturated heterocycles. The van der Waals surface area contributed by atoms with Crippen molar-refractivity contribution in [1.29, 1.82) is 0 Å². The van der Waals surface area contributed by atoms with E-state index in [-0.39, 0.29) is 0 Å². The molecule has 0 N–H and O–H groups in total. The maximum atomic E-state index is 2.20. The molecule has 1 heteroatoms. The van der Waals surface area contributed by atoms with Gasteiger partial charge >= 0.3 is 0 Å². The van der Waals surface area contributed by atoms with Gasteiger partial charge in [-0.25, -0.2) is 0 Å². The Kier molecular flexibility index (Phi) is 3.18. The molecule has 0 radical (unpaired) electrons. The molecule has 0 unspecified atom stereocenters. The van der Waals surface area contributed by atoms with Gasteiger partial charge in [0.2, 0.25) is 0 Å². The molecule has 0 aliphatic heterocycles. The van der Waals surface area contributed by atoms with Crippen LogP contribution in [0.25, 0.3) is 0 Å². The van der Waals surface area contributed by atoms with Crippen molar-refractivity contribution in [3.05, 3.63) is 59.7 Å². The molecule has 0 bridgehead atoms. The quantitative estimate of drug-likeness (QED) is 0.672. The minimum absolute atomic E-state index is 1.31. The van der Waals surface area contributed by atoms with Crippen molar-refractivity contribution >= 4 is 19.2 Å². The van der Waals surface area contributed by atoms with Crippen LogP contribution >= 0.6 is 8.58 Å². The molecule has 0 atom stereocenters. The van der Waals surface area contributed by atoms with Gasteiger partial charge in [-0.05, 0) is 13.8 Å². The number of benzene rings is 2. The molecule has 15 heavy (non-hydrogen) atoms. The van der Waals surface area contributed by atoms with Gasteiger partial charge in [0, 0.05) is 0 Å². The second-order valence-corrected chi connectivity index (χ2v) is 4.87. The zero-order chi connectivity index (χ0) is 10.7. The second-order valence-electron chi connectivity index (χ2n) is 3.68. The highest BCUT2D eigenvalue weighted by atomic mass is 31.1. The molecular formula is C14H14P-. The van der Waals surface area contributed by atoms with E-state index in [2.05, 4.69) is 62.4 Å². The maximum Gasteiger partial charge on any atom is -0.0420 e. The van der Waals surface area contributed by atoms with Crippen LogP contribution in [-0.2, 0) is 0 Å². The van der Waals surface area contributed by atoms with Crippen molar-refractivity contribution in [3.63, 3.8) is 0 Å². The lowest BCUT2D eigenvalue weighted by Gasteiger charge is -2.24. The molecule has 0 fully saturated rings. The molecule has 2 aromatic rings. The van der Waals surface area contributed by atoms with Crippen molar-refractivity contribution in [3.8, 4) is 0 Å². The SMILES string of the molecule is Cc1ccccc1[P-]c1ccccc1C. The molecule has 76 valence electrons. The average molecular weight is 213 g/mol. The van der Waals surface area contributed by atoms with Crippen LogP contribution in [0.15, 0.2) is 48.5 Å². The second kappa shape index (κ2) is 4.59. The standard InChI is InChI=1S/C14H14P/c1-11-7-3-5-9-13(11)15-14-10-6-4-8-12(14)2/h3-10H,1-2H3/q-1. The van der Waals surface area contributed by atoms with E-state index in [1.54, 1.807) is 0 Å². The van der Waals surface area contributed by atoms with Crippen LogP contribution in [0.1, 0.15) is 11.1 Å². The highest BCUT2D eigenvalue weighted by molar-refractivity contribution is 7.55. The summed E-state index contributed by atoms with van der Waals surface area (Å²) < 4.78 is 0. The number of aryl methyl sites for hydroxylation is 2. The lowest BCUT2D eigenvalue weighted by molar-refractivity contribution is 1.51. The van der Waals surface area contributed by atoms with Gasteiger partial charge in [0.1, 0.15) is 0 Å². The first-order valence-electron chi connectivity index (χ1n) is 5.10. The first-order valence-corrected chi connectivity index (χ1v) is 6.00. The number of hydrogen-bond acceptors (Lipinski definition) is 0. The summed E-state index contributed by atoms with van der Waals surface area (Å²) in [5, 5.41) is 2.79. The molecule has 0 saturated carbocycles. The largest absolute Gasteiger partial charge is 0.472 e. The highest BCUT2D eigenvalue weighted by Gasteiger charge is 1.88. The predicted octanol–water partition coefficient (Wildman–Crippen LogP) is 3.20. The zero-order valence-corrected chi connectivity index (χ0v) is 9.96. The summed E-state index contributed by atoms with van der Waals surface area (Å²) in [4.78, 5) is 0. The van der Waals surface area contributed by atoms with Crippen molar-refractivity contribution < 1.29 is 0 Å². The molecule has 0 aliphatic carbocycles. The zero-order valence-electron chi connectivity index (χ0n) is 9.07. The van der Waals surface area contributed by atoms with Crippen LogP contribution < -0.4 is 10.6 Å². The summed E-state index contributed by atoms with van der Waals surface area (Å²) in [6.07, 6.45) is 0. The monoisotopic (exact) mass is 213 g/mol. The van der Waals surface area contributed by atoms with Gasteiger partial charge in [0.25, 0.3) is 0 Å². The van der Waals surface area contributed by atoms with Gasteiger partial charge in [0.05, 0.1) is 0 Å². The van der Waals surface area contributed by atoms with Crippen LogP contribution in [0, 0.1) is 13.8 Å². The average Bonchev–Trinajstić information content (AvgIpc) is 2.24. The van der Waals surface area contributed by atoms with Crippen molar-refractivity contribution in [1.82, 2.24) is 0 Å². The van der Waals surface area contributed by atoms with Crippen LogP contribution in [-0.4, -0.2) is 0 Å². The lowest BCUT2D eigenvalue weighted by Crippen LogP contribution is -2.08. The molecular weight excluding hydrogens is 199 g/mol. The Morgan fingerprint density at radius 1 is 0.667 bits per heavy atom. The fourth-order valence-electron chi connectivity index (χ4n) is 1.51. The summed E-state index contributed by atoms with van der Waals surface area (Å²) >= 11 is 0. The van der Waals surface area contributed by atoms with Gasteiger partial charge in [-0.15, -0.1) is 0 Å². The third kappa shape index (κ3) is 2.46. The Morgan fingerprint density at radius 2 is 1.07 bits per heavy atom. The number of rotatable bonds is 2. The molecule has 0 amide bonds. The van der Waals surface area contributed by atoms with Crippen molar-refractivity contribution in [2.24, 2.45) is 0 Å². The lowest BCUT2D eigenvalue weighted by atomic mass is 10.2. The Morgan fingerprint density at radius 3 is 1.47 bits per heavy atom. The number of hydrogen-bond donors (Lipinski definition) is 0. The van der Waals surface area contributed by atoms with Crippen molar-refractivity contribution in [2.75, 3.05) is 0 Å². The minimum Gasteiger partial charge on any atom is -0.472 e. The molecule has 2 aromatic carbocycles. The summed E-state index contributed by atoms with van der Waals surface area (Å²) in [5.41, 5.74) is 2.73. The van der Waals surface area contributed by atoms with E-state index in [4.69, 9.17) is 0 Å². The van der Waals surface area contributed by atoms with Gasteiger partial charge in [-0.3, -0.25) is 0 Å². The Hall–Kier alpha value is -1.13. The maximum absolute atomic E-state index is 2.20. The molecule has 0 aliphatic rings. The summed E-state index contributed by atoms with van der Waals surface area (Å²) in [5.74, 6) is 0. The molecule has 0 nitrogen and oxygen atoms in total. The summed E-state index contributed by atoms with van der Waals surface area (Å²) in [7, 11) is 1.31. The van der Waals surface area contributed by atoms with Crippen LogP contribution in [0.3, 0.4) is 0 Å². The highest BCUT2D eigenvalue weighted by Crippen LogP contribution is 2.15. The minimum atomic E-state index is 1.31. The fraction of sp³-hybridized carbons (Fsp3) is 0.143. The predicted molar refractivity (Wildman–Crippen MR) is 68.5 cm³/mol. The van der Waals surface area contributed by atoms with Gasteiger partial charge in [-0.2, -0.15) is 10.6 Å². The summed E-state index contributed by atoms with van der Waals surface area (Å²) in [6.45, 7) is 4.33. The van der Waals surface area contributed by atoms with Gasteiger partial charge in [0.15, 0.2) is 0 Å². The Balaban J connectivity index is 2.30. The third-order valence-electron chi connectivity index (χ3n) is 2.47. The molecule has 0 spiro atoms. The van der Waals surface area contributed by atoms with Crippen LogP contribution in [0.4, 0.5) is 0 Å². The van der Waals surface area contributed by atoms with E-state index in [1.165, 1.54) is 30.3 Å². The smallest absolute Gasteiger partial charge is 0.0420 e. The Labute approximate surface area is 93.1 Å². The van der Waals surface area contributed by atoms with E-state index in [9.17, 15) is 0 Å². The molecule has 0 aromatic heterocycles. The topological polar surface area (TPSA) is 0 Å². The molecule has 0 heterocycles. The molecule has 2 rings (SSSR count). The van der Waals surface area contributed by atoms with E-state index >= 15 is 0 Å². The van der Waals surface area contributed by atoms with Gasteiger partial charge in [-0.1, -0.05) is 59.7 Å². The normalized spacial score (nSPS) is 10.3. The van der Waals surface area contributed by atoms with Crippen molar-refractivity contribution in [2.45, 2.75) is 13.8 Å². The van der Waals surface area contributed by atoms with Gasteiger partial charge < -0.3 is 8.58 Å². The first-order chi connectivity index (χ1) is 7.27. The van der Waals surface area contributed by atoms with Crippen LogP contribution in [0.5, 0.6) is 0 Å². The van der Waals surface area contributed by atoms with Crippen LogP contribution in [0.2, 0.25) is 0 Å². The van der Waals surface area contributed by atoms with E-state index < -0.39 is 0 Å².